The number of hydrogen-bond acceptors (Lipinski definition) is 4. The minimum atomic E-state index is -0.365. The number of carbonyl (C=O) groups is 1. The van der Waals surface area contributed by atoms with Gasteiger partial charge in [0.1, 0.15) is 12.3 Å². The summed E-state index contributed by atoms with van der Waals surface area (Å²) in [6.45, 7) is 4.36. The lowest BCUT2D eigenvalue weighted by Gasteiger charge is -2.10. The normalized spacial score (nSPS) is 18.1. The number of rotatable bonds is 6. The third-order valence-electron chi connectivity index (χ3n) is 3.26. The monoisotopic (exact) mass is 278 g/mol. The summed E-state index contributed by atoms with van der Waals surface area (Å²) >= 11 is 0. The second-order valence-corrected chi connectivity index (χ2v) is 4.82. The van der Waals surface area contributed by atoms with Crippen molar-refractivity contribution >= 4 is 6.29 Å². The second-order valence-electron chi connectivity index (χ2n) is 4.82. The number of halogens is 1. The summed E-state index contributed by atoms with van der Waals surface area (Å²) in [5.41, 5.74) is 8.46. The molecule has 2 N–H and O–H groups in total. The summed E-state index contributed by atoms with van der Waals surface area (Å²) < 4.78 is 19.2. The fourth-order valence-electron chi connectivity index (χ4n) is 2.15. The molecule has 1 aliphatic rings. The molecular formula is C15H19FN2O2. The van der Waals surface area contributed by atoms with Gasteiger partial charge in [0.2, 0.25) is 0 Å². The number of nitrogens with one attached hydrogen (secondary N) is 2. The van der Waals surface area contributed by atoms with Crippen LogP contribution in [-0.2, 0) is 11.2 Å². The molecule has 1 heterocycles. The zero-order valence-corrected chi connectivity index (χ0v) is 11.7. The Morgan fingerprint density at radius 2 is 2.25 bits per heavy atom. The summed E-state index contributed by atoms with van der Waals surface area (Å²) in [5, 5.41) is 0. The number of allylic oxidation sites excluding steroid dienone is 1. The average Bonchev–Trinajstić information content (AvgIpc) is 2.79. The van der Waals surface area contributed by atoms with Gasteiger partial charge in [0, 0.05) is 5.70 Å². The summed E-state index contributed by atoms with van der Waals surface area (Å²) in [6.07, 6.45) is 2.21. The van der Waals surface area contributed by atoms with Gasteiger partial charge in [0.15, 0.2) is 11.6 Å². The lowest BCUT2D eigenvalue weighted by Crippen LogP contribution is -2.33. The molecule has 1 aromatic carbocycles. The van der Waals surface area contributed by atoms with E-state index in [0.717, 1.165) is 29.5 Å². The molecule has 1 aromatic rings. The van der Waals surface area contributed by atoms with Crippen molar-refractivity contribution in [3.8, 4) is 5.75 Å². The molecule has 5 heteroatoms. The Kier molecular flexibility index (Phi) is 4.74. The van der Waals surface area contributed by atoms with E-state index in [1.165, 1.54) is 6.07 Å². The van der Waals surface area contributed by atoms with Crippen molar-refractivity contribution in [3.63, 3.8) is 0 Å². The molecular weight excluding hydrogens is 259 g/mol. The standard InChI is InChI=1S/C15H19FN2O2/c1-3-6-20-15-5-4-11(8-13(15)16)7-12-10(2)17-18-14(12)9-19/h4-5,8-9,14,17-18H,3,6-7H2,1-2H3. The Bertz CT molecular complexity index is 529. The molecule has 0 saturated carbocycles. The van der Waals surface area contributed by atoms with Crippen molar-refractivity contribution in [2.24, 2.45) is 0 Å². The van der Waals surface area contributed by atoms with E-state index in [2.05, 4.69) is 10.9 Å². The number of carbonyl (C=O) groups excluding carboxylic acids is 1. The maximum atomic E-state index is 13.9. The van der Waals surface area contributed by atoms with Crippen molar-refractivity contribution in [2.45, 2.75) is 32.7 Å². The number of aldehydes is 1. The molecule has 0 spiro atoms. The quantitative estimate of drug-likeness (QED) is 0.783. The van der Waals surface area contributed by atoms with Crippen molar-refractivity contribution in [2.75, 3.05) is 6.61 Å². The van der Waals surface area contributed by atoms with Gasteiger partial charge >= 0.3 is 0 Å². The van der Waals surface area contributed by atoms with Gasteiger partial charge in [0.05, 0.1) is 6.61 Å². The lowest BCUT2D eigenvalue weighted by atomic mass is 9.99. The SMILES string of the molecule is CCCOc1ccc(CC2=C(C)NNC2C=O)cc1F. The molecule has 4 nitrogen and oxygen atoms in total. The van der Waals surface area contributed by atoms with Crippen LogP contribution in [0.2, 0.25) is 0 Å². The molecule has 0 aliphatic carbocycles. The average molecular weight is 278 g/mol. The zero-order valence-electron chi connectivity index (χ0n) is 11.7. The van der Waals surface area contributed by atoms with Crippen LogP contribution in [0.15, 0.2) is 29.5 Å². The highest BCUT2D eigenvalue weighted by Gasteiger charge is 2.22. The predicted molar refractivity (Wildman–Crippen MR) is 74.7 cm³/mol. The topological polar surface area (TPSA) is 50.4 Å². The van der Waals surface area contributed by atoms with Gasteiger partial charge in [-0.15, -0.1) is 0 Å². The maximum Gasteiger partial charge on any atom is 0.165 e. The molecule has 0 aromatic heterocycles. The maximum absolute atomic E-state index is 13.9. The van der Waals surface area contributed by atoms with Crippen LogP contribution in [-0.4, -0.2) is 18.9 Å². The van der Waals surface area contributed by atoms with Crippen LogP contribution in [0.5, 0.6) is 5.75 Å². The van der Waals surface area contributed by atoms with Gasteiger partial charge in [-0.05, 0) is 43.0 Å². The van der Waals surface area contributed by atoms with E-state index in [1.807, 2.05) is 19.9 Å². The highest BCUT2D eigenvalue weighted by atomic mass is 19.1. The van der Waals surface area contributed by atoms with Crippen molar-refractivity contribution in [1.29, 1.82) is 0 Å². The highest BCUT2D eigenvalue weighted by molar-refractivity contribution is 5.65. The van der Waals surface area contributed by atoms with Crippen LogP contribution < -0.4 is 15.6 Å². The van der Waals surface area contributed by atoms with Crippen LogP contribution >= 0.6 is 0 Å². The molecule has 0 bridgehead atoms. The third kappa shape index (κ3) is 3.17. The first kappa shape index (κ1) is 14.5. The summed E-state index contributed by atoms with van der Waals surface area (Å²) in [6, 6.07) is 4.58. The largest absolute Gasteiger partial charge is 0.491 e. The molecule has 0 amide bonds. The minimum absolute atomic E-state index is 0.274. The van der Waals surface area contributed by atoms with E-state index in [4.69, 9.17) is 4.74 Å². The van der Waals surface area contributed by atoms with Gasteiger partial charge in [0.25, 0.3) is 0 Å². The first-order valence-electron chi connectivity index (χ1n) is 6.73. The fourth-order valence-corrected chi connectivity index (χ4v) is 2.15. The molecule has 0 saturated heterocycles. The van der Waals surface area contributed by atoms with Gasteiger partial charge in [-0.3, -0.25) is 0 Å². The molecule has 0 radical (unpaired) electrons. The fraction of sp³-hybridized carbons (Fsp3) is 0.400. The Morgan fingerprint density at radius 1 is 1.45 bits per heavy atom. The van der Waals surface area contributed by atoms with Crippen molar-refractivity contribution in [3.05, 3.63) is 40.8 Å². The third-order valence-corrected chi connectivity index (χ3v) is 3.26. The Hall–Kier alpha value is -1.88. The van der Waals surface area contributed by atoms with Gasteiger partial charge in [-0.1, -0.05) is 13.0 Å². The zero-order chi connectivity index (χ0) is 14.5. The lowest BCUT2D eigenvalue weighted by molar-refractivity contribution is -0.108. The first-order chi connectivity index (χ1) is 9.65. The van der Waals surface area contributed by atoms with Crippen molar-refractivity contribution < 1.29 is 13.9 Å². The molecule has 20 heavy (non-hydrogen) atoms. The van der Waals surface area contributed by atoms with Crippen LogP contribution in [0.1, 0.15) is 25.8 Å². The number of benzene rings is 1. The van der Waals surface area contributed by atoms with Crippen molar-refractivity contribution in [1.82, 2.24) is 10.9 Å². The smallest absolute Gasteiger partial charge is 0.165 e. The van der Waals surface area contributed by atoms with Crippen LogP contribution in [0, 0.1) is 5.82 Å². The van der Waals surface area contributed by atoms with Crippen LogP contribution in [0.3, 0.4) is 0 Å². The summed E-state index contributed by atoms with van der Waals surface area (Å²) in [7, 11) is 0. The summed E-state index contributed by atoms with van der Waals surface area (Å²) in [5.74, 6) is -0.0910. The minimum Gasteiger partial charge on any atom is -0.491 e. The van der Waals surface area contributed by atoms with Crippen LogP contribution in [0.25, 0.3) is 0 Å². The molecule has 1 aliphatic heterocycles. The molecule has 2 rings (SSSR count). The first-order valence-corrected chi connectivity index (χ1v) is 6.73. The van der Waals surface area contributed by atoms with E-state index in [-0.39, 0.29) is 17.6 Å². The van der Waals surface area contributed by atoms with E-state index >= 15 is 0 Å². The van der Waals surface area contributed by atoms with E-state index in [9.17, 15) is 9.18 Å². The van der Waals surface area contributed by atoms with Gasteiger partial charge in [-0.2, -0.15) is 0 Å². The number of ether oxygens (including phenoxy) is 1. The Morgan fingerprint density at radius 3 is 2.90 bits per heavy atom. The number of hydrogen-bond donors (Lipinski definition) is 2. The molecule has 1 unspecified atom stereocenters. The molecule has 0 fully saturated rings. The van der Waals surface area contributed by atoms with E-state index < -0.39 is 0 Å². The number of hydrazine groups is 1. The molecule has 108 valence electrons. The van der Waals surface area contributed by atoms with Gasteiger partial charge < -0.3 is 15.0 Å². The molecule has 1 atom stereocenters. The highest BCUT2D eigenvalue weighted by Crippen LogP contribution is 2.22. The Labute approximate surface area is 118 Å². The summed E-state index contributed by atoms with van der Waals surface area (Å²) in [4.78, 5) is 11.0. The van der Waals surface area contributed by atoms with Crippen LogP contribution in [0.4, 0.5) is 4.39 Å². The van der Waals surface area contributed by atoms with Gasteiger partial charge in [-0.25, -0.2) is 9.82 Å². The van der Waals surface area contributed by atoms with E-state index in [1.54, 1.807) is 6.07 Å². The second kappa shape index (κ2) is 6.52. The predicted octanol–water partition coefficient (Wildman–Crippen LogP) is 2.11. The Balaban J connectivity index is 2.12. The van der Waals surface area contributed by atoms with E-state index in [0.29, 0.717) is 13.0 Å².